The molecule has 156 valence electrons. The molecule has 0 saturated carbocycles. The van der Waals surface area contributed by atoms with Gasteiger partial charge in [0.05, 0.1) is 0 Å². The van der Waals surface area contributed by atoms with Crippen molar-refractivity contribution in [1.29, 1.82) is 0 Å². The van der Waals surface area contributed by atoms with Gasteiger partial charge in [-0.1, -0.05) is 17.7 Å². The van der Waals surface area contributed by atoms with Gasteiger partial charge in [0, 0.05) is 42.3 Å². The van der Waals surface area contributed by atoms with E-state index in [1.165, 1.54) is 11.6 Å². The van der Waals surface area contributed by atoms with E-state index in [0.29, 0.717) is 18.3 Å². The zero-order valence-electron chi connectivity index (χ0n) is 16.6. The van der Waals surface area contributed by atoms with Crippen molar-refractivity contribution in [2.24, 2.45) is 0 Å². The normalized spacial score (nSPS) is 10.4. The third-order valence-electron chi connectivity index (χ3n) is 4.05. The second kappa shape index (κ2) is 9.64. The second-order valence-corrected chi connectivity index (χ2v) is 6.65. The Morgan fingerprint density at radius 3 is 2.37 bits per heavy atom. The Morgan fingerprint density at radius 1 is 0.900 bits per heavy atom. The Balaban J connectivity index is 1.48. The van der Waals surface area contributed by atoms with Crippen molar-refractivity contribution < 1.29 is 13.6 Å². The van der Waals surface area contributed by atoms with Gasteiger partial charge in [-0.3, -0.25) is 0 Å². The number of amides is 2. The van der Waals surface area contributed by atoms with Gasteiger partial charge in [-0.2, -0.15) is 4.98 Å². The molecule has 0 spiro atoms. The smallest absolute Gasteiger partial charge is 0.319 e. The van der Waals surface area contributed by atoms with Crippen LogP contribution in [0.25, 0.3) is 0 Å². The second-order valence-electron chi connectivity index (χ2n) is 6.65. The SMILES string of the molecule is Cc1ccc(Nc2cc(C)nc(NCCNC(=O)Nc3ccc(F)c(F)c3)n2)cc1. The molecule has 2 aromatic carbocycles. The van der Waals surface area contributed by atoms with E-state index in [9.17, 15) is 13.6 Å². The third-order valence-corrected chi connectivity index (χ3v) is 4.05. The molecule has 9 heteroatoms. The molecule has 0 fully saturated rings. The Bertz CT molecular complexity index is 1030. The fraction of sp³-hybridized carbons (Fsp3) is 0.190. The molecule has 0 aliphatic rings. The molecule has 0 unspecified atom stereocenters. The first kappa shape index (κ1) is 21.0. The van der Waals surface area contributed by atoms with Gasteiger partial charge in [-0.05, 0) is 38.1 Å². The van der Waals surface area contributed by atoms with Gasteiger partial charge in [0.1, 0.15) is 5.82 Å². The van der Waals surface area contributed by atoms with Gasteiger partial charge in [0.15, 0.2) is 11.6 Å². The molecular weight excluding hydrogens is 390 g/mol. The van der Waals surface area contributed by atoms with Crippen molar-refractivity contribution in [3.8, 4) is 0 Å². The quantitative estimate of drug-likeness (QED) is 0.433. The molecule has 3 rings (SSSR count). The van der Waals surface area contributed by atoms with Gasteiger partial charge in [0.25, 0.3) is 0 Å². The number of hydrogen-bond acceptors (Lipinski definition) is 5. The lowest BCUT2D eigenvalue weighted by molar-refractivity contribution is 0.252. The number of halogens is 2. The van der Waals surface area contributed by atoms with Crippen molar-refractivity contribution in [1.82, 2.24) is 15.3 Å². The lowest BCUT2D eigenvalue weighted by Gasteiger charge is -2.11. The summed E-state index contributed by atoms with van der Waals surface area (Å²) in [4.78, 5) is 20.6. The van der Waals surface area contributed by atoms with Gasteiger partial charge in [-0.25, -0.2) is 18.6 Å². The van der Waals surface area contributed by atoms with Gasteiger partial charge < -0.3 is 21.3 Å². The van der Waals surface area contributed by atoms with Gasteiger partial charge in [-0.15, -0.1) is 0 Å². The number of urea groups is 1. The van der Waals surface area contributed by atoms with Crippen LogP contribution in [0.1, 0.15) is 11.3 Å². The van der Waals surface area contributed by atoms with E-state index in [0.717, 1.165) is 23.5 Å². The first-order valence-corrected chi connectivity index (χ1v) is 9.32. The number of anilines is 4. The van der Waals surface area contributed by atoms with E-state index in [1.54, 1.807) is 0 Å². The van der Waals surface area contributed by atoms with Crippen molar-refractivity contribution in [2.75, 3.05) is 29.0 Å². The molecule has 0 radical (unpaired) electrons. The Labute approximate surface area is 173 Å². The number of carbonyl (C=O) groups is 1. The zero-order chi connectivity index (χ0) is 21.5. The van der Waals surface area contributed by atoms with Crippen LogP contribution in [-0.4, -0.2) is 29.1 Å². The molecule has 7 nitrogen and oxygen atoms in total. The molecular formula is C21H22F2N6O. The third kappa shape index (κ3) is 6.13. The summed E-state index contributed by atoms with van der Waals surface area (Å²) >= 11 is 0. The Kier molecular flexibility index (Phi) is 6.74. The van der Waals surface area contributed by atoms with E-state index < -0.39 is 17.7 Å². The van der Waals surface area contributed by atoms with E-state index >= 15 is 0 Å². The number of benzene rings is 2. The lowest BCUT2D eigenvalue weighted by Crippen LogP contribution is -2.32. The summed E-state index contributed by atoms with van der Waals surface area (Å²) in [5.74, 6) is -0.925. The van der Waals surface area contributed by atoms with Gasteiger partial charge >= 0.3 is 6.03 Å². The molecule has 4 N–H and O–H groups in total. The number of carbonyl (C=O) groups excluding carboxylic acids is 1. The molecule has 0 atom stereocenters. The van der Waals surface area contributed by atoms with Crippen LogP contribution < -0.4 is 21.3 Å². The molecule has 2 amide bonds. The molecule has 1 heterocycles. The van der Waals surface area contributed by atoms with Crippen LogP contribution in [-0.2, 0) is 0 Å². The Morgan fingerprint density at radius 2 is 1.63 bits per heavy atom. The van der Waals surface area contributed by atoms with Gasteiger partial charge in [0.2, 0.25) is 5.95 Å². The molecule has 0 aliphatic carbocycles. The average Bonchev–Trinajstić information content (AvgIpc) is 2.69. The summed E-state index contributed by atoms with van der Waals surface area (Å²) in [6.07, 6.45) is 0. The highest BCUT2D eigenvalue weighted by Gasteiger charge is 2.06. The minimum atomic E-state index is -1.03. The first-order valence-electron chi connectivity index (χ1n) is 9.32. The van der Waals surface area contributed by atoms with Crippen molar-refractivity contribution in [3.05, 3.63) is 71.4 Å². The minimum Gasteiger partial charge on any atom is -0.352 e. The monoisotopic (exact) mass is 412 g/mol. The number of aromatic nitrogens is 2. The van der Waals surface area contributed by atoms with Crippen molar-refractivity contribution in [3.63, 3.8) is 0 Å². The number of hydrogen-bond donors (Lipinski definition) is 4. The van der Waals surface area contributed by atoms with Crippen LogP contribution in [0.2, 0.25) is 0 Å². The van der Waals surface area contributed by atoms with Crippen LogP contribution in [0.5, 0.6) is 0 Å². The maximum atomic E-state index is 13.2. The highest BCUT2D eigenvalue weighted by molar-refractivity contribution is 5.89. The van der Waals surface area contributed by atoms with Crippen molar-refractivity contribution in [2.45, 2.75) is 13.8 Å². The van der Waals surface area contributed by atoms with Crippen LogP contribution in [0.15, 0.2) is 48.5 Å². The van der Waals surface area contributed by atoms with E-state index in [-0.39, 0.29) is 12.2 Å². The van der Waals surface area contributed by atoms with Crippen LogP contribution >= 0.6 is 0 Å². The summed E-state index contributed by atoms with van der Waals surface area (Å²) in [5.41, 5.74) is 3.03. The summed E-state index contributed by atoms with van der Waals surface area (Å²) in [6.45, 7) is 4.53. The average molecular weight is 412 g/mol. The van der Waals surface area contributed by atoms with E-state index in [1.807, 2.05) is 44.2 Å². The number of nitrogens with zero attached hydrogens (tertiary/aromatic N) is 2. The molecule has 0 saturated heterocycles. The summed E-state index contributed by atoms with van der Waals surface area (Å²) in [5, 5.41) is 11.3. The topological polar surface area (TPSA) is 91.0 Å². The number of rotatable bonds is 7. The molecule has 0 bridgehead atoms. The van der Waals surface area contributed by atoms with E-state index in [4.69, 9.17) is 0 Å². The summed E-state index contributed by atoms with van der Waals surface area (Å²) < 4.78 is 26.1. The standard InChI is InChI=1S/C21H22F2N6O/c1-13-3-5-15(6-4-13)27-19-11-14(2)26-20(29-19)24-9-10-25-21(30)28-16-7-8-17(22)18(23)12-16/h3-8,11-12H,9-10H2,1-2H3,(H2,25,28,30)(H2,24,26,27,29). The minimum absolute atomic E-state index is 0.160. The van der Waals surface area contributed by atoms with Crippen LogP contribution in [0.3, 0.4) is 0 Å². The largest absolute Gasteiger partial charge is 0.352 e. The highest BCUT2D eigenvalue weighted by Crippen LogP contribution is 2.17. The number of nitrogens with one attached hydrogen (secondary N) is 4. The molecule has 30 heavy (non-hydrogen) atoms. The van der Waals surface area contributed by atoms with Crippen LogP contribution in [0, 0.1) is 25.5 Å². The highest BCUT2D eigenvalue weighted by atomic mass is 19.2. The van der Waals surface area contributed by atoms with Crippen molar-refractivity contribution >= 4 is 29.2 Å². The fourth-order valence-corrected chi connectivity index (χ4v) is 2.60. The molecule has 3 aromatic rings. The predicted octanol–water partition coefficient (Wildman–Crippen LogP) is 4.35. The zero-order valence-corrected chi connectivity index (χ0v) is 16.6. The summed E-state index contributed by atoms with van der Waals surface area (Å²) in [7, 11) is 0. The maximum absolute atomic E-state index is 13.2. The predicted molar refractivity (Wildman–Crippen MR) is 113 cm³/mol. The van der Waals surface area contributed by atoms with E-state index in [2.05, 4.69) is 31.2 Å². The molecule has 0 aliphatic heterocycles. The number of aryl methyl sites for hydroxylation is 2. The molecule has 1 aromatic heterocycles. The fourth-order valence-electron chi connectivity index (χ4n) is 2.60. The summed E-state index contributed by atoms with van der Waals surface area (Å²) in [6, 6.07) is 12.4. The first-order chi connectivity index (χ1) is 14.4. The maximum Gasteiger partial charge on any atom is 0.319 e. The lowest BCUT2D eigenvalue weighted by atomic mass is 10.2. The Hall–Kier alpha value is -3.75. The van der Waals surface area contributed by atoms with Crippen LogP contribution in [0.4, 0.5) is 36.7 Å².